The van der Waals surface area contributed by atoms with E-state index in [0.29, 0.717) is 32.8 Å². The van der Waals surface area contributed by atoms with E-state index in [1.165, 1.54) is 0 Å². The molecule has 1 heterocycles. The highest BCUT2D eigenvalue weighted by atomic mass is 16.6. The molecule has 1 aliphatic heterocycles. The van der Waals surface area contributed by atoms with Crippen LogP contribution in [0.25, 0.3) is 0 Å². The first-order chi connectivity index (χ1) is 13.2. The molecule has 144 valence electrons. The van der Waals surface area contributed by atoms with E-state index in [1.54, 1.807) is 4.90 Å². The Bertz CT molecular complexity index is 765. The summed E-state index contributed by atoms with van der Waals surface area (Å²) in [6.07, 6.45) is -0.188. The number of ether oxygens (including phenoxy) is 3. The number of hydrogen-bond donors (Lipinski definition) is 1. The van der Waals surface area contributed by atoms with Crippen molar-refractivity contribution >= 4 is 6.03 Å². The van der Waals surface area contributed by atoms with Gasteiger partial charge in [0.15, 0.2) is 17.6 Å². The van der Waals surface area contributed by atoms with Gasteiger partial charge in [0, 0.05) is 13.1 Å². The van der Waals surface area contributed by atoms with Gasteiger partial charge in [0.1, 0.15) is 12.4 Å². The van der Waals surface area contributed by atoms with Gasteiger partial charge < -0.3 is 24.4 Å². The summed E-state index contributed by atoms with van der Waals surface area (Å²) < 4.78 is 17.2. The molecule has 2 aromatic rings. The third kappa shape index (κ3) is 5.06. The topological polar surface area (TPSA) is 60.0 Å². The van der Waals surface area contributed by atoms with Gasteiger partial charge >= 0.3 is 6.03 Å². The van der Waals surface area contributed by atoms with Crippen molar-refractivity contribution in [1.82, 2.24) is 10.2 Å². The standard InChI is InChI=1S/C21H26N2O4/c1-3-23(14-18-15-26-19-10-5-6-11-20(19)27-18)21(24)22-13-16-8-7-9-17(12-16)25-4-2/h5-12,18H,3-4,13-15H2,1-2H3,(H,22,24). The van der Waals surface area contributed by atoms with E-state index in [1.807, 2.05) is 62.4 Å². The van der Waals surface area contributed by atoms with Crippen molar-refractivity contribution in [2.75, 3.05) is 26.3 Å². The smallest absolute Gasteiger partial charge is 0.317 e. The summed E-state index contributed by atoms with van der Waals surface area (Å²) in [4.78, 5) is 14.3. The summed E-state index contributed by atoms with van der Waals surface area (Å²) in [6, 6.07) is 15.2. The Morgan fingerprint density at radius 2 is 2.00 bits per heavy atom. The van der Waals surface area contributed by atoms with Crippen LogP contribution in [0, 0.1) is 0 Å². The molecule has 2 amide bonds. The monoisotopic (exact) mass is 370 g/mol. The molecule has 1 N–H and O–H groups in total. The van der Waals surface area contributed by atoms with Crippen LogP contribution in [0.1, 0.15) is 19.4 Å². The number of para-hydroxylation sites is 2. The molecule has 1 unspecified atom stereocenters. The van der Waals surface area contributed by atoms with E-state index in [2.05, 4.69) is 5.32 Å². The summed E-state index contributed by atoms with van der Waals surface area (Å²) in [5.74, 6) is 2.27. The molecular formula is C21H26N2O4. The number of nitrogens with one attached hydrogen (secondary N) is 1. The minimum absolute atomic E-state index is 0.123. The number of benzene rings is 2. The quantitative estimate of drug-likeness (QED) is 0.811. The molecule has 0 radical (unpaired) electrons. The lowest BCUT2D eigenvalue weighted by Crippen LogP contribution is -2.47. The Kier molecular flexibility index (Phi) is 6.41. The third-order valence-electron chi connectivity index (χ3n) is 4.31. The van der Waals surface area contributed by atoms with Crippen LogP contribution in [-0.4, -0.2) is 43.3 Å². The van der Waals surface area contributed by atoms with Crippen LogP contribution in [0.2, 0.25) is 0 Å². The van der Waals surface area contributed by atoms with Crippen molar-refractivity contribution < 1.29 is 19.0 Å². The van der Waals surface area contributed by atoms with Gasteiger partial charge in [-0.2, -0.15) is 0 Å². The summed E-state index contributed by atoms with van der Waals surface area (Å²) >= 11 is 0. The summed E-state index contributed by atoms with van der Waals surface area (Å²) in [6.45, 7) is 6.45. The van der Waals surface area contributed by atoms with Gasteiger partial charge in [0.05, 0.1) is 13.2 Å². The molecule has 3 rings (SSSR count). The minimum atomic E-state index is -0.188. The van der Waals surface area contributed by atoms with Gasteiger partial charge in [-0.15, -0.1) is 0 Å². The molecule has 0 bridgehead atoms. The molecule has 6 nitrogen and oxygen atoms in total. The van der Waals surface area contributed by atoms with E-state index in [4.69, 9.17) is 14.2 Å². The van der Waals surface area contributed by atoms with Crippen molar-refractivity contribution in [2.24, 2.45) is 0 Å². The van der Waals surface area contributed by atoms with Gasteiger partial charge in [-0.25, -0.2) is 4.79 Å². The third-order valence-corrected chi connectivity index (χ3v) is 4.31. The second-order valence-corrected chi connectivity index (χ2v) is 6.28. The lowest BCUT2D eigenvalue weighted by Gasteiger charge is -2.31. The van der Waals surface area contributed by atoms with Crippen LogP contribution in [0.5, 0.6) is 17.2 Å². The largest absolute Gasteiger partial charge is 0.494 e. The number of carbonyl (C=O) groups excluding carboxylic acids is 1. The van der Waals surface area contributed by atoms with Gasteiger partial charge in [-0.1, -0.05) is 24.3 Å². The van der Waals surface area contributed by atoms with Crippen molar-refractivity contribution in [1.29, 1.82) is 0 Å². The summed E-state index contributed by atoms with van der Waals surface area (Å²) in [5.41, 5.74) is 0.997. The SMILES string of the molecule is CCOc1cccc(CNC(=O)N(CC)CC2COc3ccccc3O2)c1. The maximum atomic E-state index is 12.6. The molecule has 2 aromatic carbocycles. The Hall–Kier alpha value is -2.89. The molecule has 0 spiro atoms. The Morgan fingerprint density at radius 3 is 2.78 bits per heavy atom. The normalized spacial score (nSPS) is 15.1. The van der Waals surface area contributed by atoms with Crippen LogP contribution >= 0.6 is 0 Å². The number of fused-ring (bicyclic) bond motifs is 1. The van der Waals surface area contributed by atoms with Gasteiger partial charge in [0.25, 0.3) is 0 Å². The van der Waals surface area contributed by atoms with Crippen LogP contribution in [0.4, 0.5) is 4.79 Å². The number of carbonyl (C=O) groups is 1. The fourth-order valence-electron chi connectivity index (χ4n) is 2.96. The van der Waals surface area contributed by atoms with E-state index in [0.717, 1.165) is 22.8 Å². The first kappa shape index (κ1) is 18.9. The van der Waals surface area contributed by atoms with E-state index in [9.17, 15) is 4.79 Å². The zero-order valence-electron chi connectivity index (χ0n) is 15.8. The molecule has 27 heavy (non-hydrogen) atoms. The highest BCUT2D eigenvalue weighted by molar-refractivity contribution is 5.74. The maximum Gasteiger partial charge on any atom is 0.317 e. The zero-order chi connectivity index (χ0) is 19.1. The molecule has 0 saturated heterocycles. The average molecular weight is 370 g/mol. The Balaban J connectivity index is 1.53. The zero-order valence-corrected chi connectivity index (χ0v) is 15.8. The number of amides is 2. The van der Waals surface area contributed by atoms with Crippen molar-refractivity contribution in [3.63, 3.8) is 0 Å². The van der Waals surface area contributed by atoms with Crippen LogP contribution in [-0.2, 0) is 6.54 Å². The molecule has 1 atom stereocenters. The lowest BCUT2D eigenvalue weighted by atomic mass is 10.2. The van der Waals surface area contributed by atoms with Crippen LogP contribution < -0.4 is 19.5 Å². The van der Waals surface area contributed by atoms with E-state index >= 15 is 0 Å². The first-order valence-electron chi connectivity index (χ1n) is 9.32. The molecule has 0 saturated carbocycles. The number of urea groups is 1. The fraction of sp³-hybridized carbons (Fsp3) is 0.381. The number of likely N-dealkylation sites (N-methyl/N-ethyl adjacent to an activating group) is 1. The molecule has 0 fully saturated rings. The van der Waals surface area contributed by atoms with E-state index in [-0.39, 0.29) is 12.1 Å². The summed E-state index contributed by atoms with van der Waals surface area (Å²) in [5, 5.41) is 2.96. The summed E-state index contributed by atoms with van der Waals surface area (Å²) in [7, 11) is 0. The van der Waals surface area contributed by atoms with Crippen molar-refractivity contribution in [3.8, 4) is 17.2 Å². The van der Waals surface area contributed by atoms with Gasteiger partial charge in [-0.3, -0.25) is 0 Å². The maximum absolute atomic E-state index is 12.6. The lowest BCUT2D eigenvalue weighted by molar-refractivity contribution is 0.0675. The van der Waals surface area contributed by atoms with Gasteiger partial charge in [-0.05, 0) is 43.7 Å². The van der Waals surface area contributed by atoms with Gasteiger partial charge in [0.2, 0.25) is 0 Å². The average Bonchev–Trinajstić information content (AvgIpc) is 2.70. The first-order valence-corrected chi connectivity index (χ1v) is 9.32. The number of rotatable bonds is 7. The number of nitrogens with zero attached hydrogens (tertiary/aromatic N) is 1. The Morgan fingerprint density at radius 1 is 1.19 bits per heavy atom. The minimum Gasteiger partial charge on any atom is -0.494 e. The molecular weight excluding hydrogens is 344 g/mol. The van der Waals surface area contributed by atoms with Crippen molar-refractivity contribution in [2.45, 2.75) is 26.5 Å². The predicted molar refractivity (Wildman–Crippen MR) is 103 cm³/mol. The highest BCUT2D eigenvalue weighted by Crippen LogP contribution is 2.31. The molecule has 1 aliphatic rings. The second-order valence-electron chi connectivity index (χ2n) is 6.28. The highest BCUT2D eigenvalue weighted by Gasteiger charge is 2.24. The second kappa shape index (κ2) is 9.16. The number of hydrogen-bond acceptors (Lipinski definition) is 4. The van der Waals surface area contributed by atoms with Crippen molar-refractivity contribution in [3.05, 3.63) is 54.1 Å². The molecule has 0 aromatic heterocycles. The molecule has 0 aliphatic carbocycles. The Labute approximate surface area is 160 Å². The fourth-order valence-corrected chi connectivity index (χ4v) is 2.96. The molecule has 6 heteroatoms. The predicted octanol–water partition coefficient (Wildman–Crippen LogP) is 3.46. The van der Waals surface area contributed by atoms with E-state index < -0.39 is 0 Å². The van der Waals surface area contributed by atoms with Crippen LogP contribution in [0.3, 0.4) is 0 Å². The van der Waals surface area contributed by atoms with Crippen LogP contribution in [0.15, 0.2) is 48.5 Å².